The quantitative estimate of drug-likeness (QED) is 0.163. The molecule has 0 spiro atoms. The highest BCUT2D eigenvalue weighted by molar-refractivity contribution is 7.27. The average molecular weight is 1440 g/mol. The lowest BCUT2D eigenvalue weighted by Gasteiger charge is -2.15. The number of nitrogens with zero attached hydrogens (tertiary/aromatic N) is 6. The first-order valence-corrected chi connectivity index (χ1v) is 38.8. The van der Waals surface area contributed by atoms with Crippen LogP contribution in [-0.4, -0.2) is 29.1 Å². The lowest BCUT2D eigenvalue weighted by molar-refractivity contribution is 0.669. The Morgan fingerprint density at radius 3 is 1.11 bits per heavy atom. The maximum absolute atomic E-state index is 6.61. The molecule has 26 rings (SSSR count). The van der Waals surface area contributed by atoms with Crippen molar-refractivity contribution in [2.24, 2.45) is 0 Å². The topological polar surface area (TPSA) is 87.7 Å². The Labute approximate surface area is 632 Å². The number of hydrogen-bond donors (Lipinski definition) is 0. The number of fused-ring (bicyclic) bond motifs is 38. The standard InChI is InChI=1S/2C50H27N3OS/c1-3-17-31-28(14-1)29-15-2-4-18-32(29)43-42(31)44-35-20-6-10-25-39(35)53(47(44)49-45(43)36-21-8-12-27-41(36)55-49)50-51-38-24-9-5-19-34(38)46(52-50)37-23-13-22-33-30-16-7-11-26-40(30)54-48(33)37;1-3-16-33-29(13-1)30-14-2-4-17-34(30)44-43(33)45-36-19-6-10-22-39(36)53(48(45)49-46(44)37-20-8-12-24-42(37)55-49)50-51-38-21-9-5-18-35(38)47(52-50)28-25-26-32-31-15-7-11-23-40(31)54-41(32)27-28/h2*1-27H. The largest absolute Gasteiger partial charge is 0.456 e. The van der Waals surface area contributed by atoms with Gasteiger partial charge in [0.25, 0.3) is 0 Å². The van der Waals surface area contributed by atoms with Crippen LogP contribution in [0.3, 0.4) is 0 Å². The van der Waals surface area contributed by atoms with E-state index in [1.165, 1.54) is 127 Å². The van der Waals surface area contributed by atoms with E-state index >= 15 is 0 Å². The van der Waals surface area contributed by atoms with E-state index in [1.54, 1.807) is 0 Å². The molecule has 0 N–H and O–H groups in total. The maximum atomic E-state index is 6.61. The third kappa shape index (κ3) is 8.26. The van der Waals surface area contributed by atoms with Gasteiger partial charge in [-0.05, 0) is 110 Å². The number of furan rings is 2. The number of benzene rings is 18. The Kier molecular flexibility index (Phi) is 12.4. The number of thiophene rings is 2. The molecular formula is C100H54N6O2S2. The van der Waals surface area contributed by atoms with Crippen molar-refractivity contribution in [2.75, 3.05) is 0 Å². The summed E-state index contributed by atoms with van der Waals surface area (Å²) < 4.78 is 22.7. The number of para-hydroxylation sites is 7. The Bertz CT molecular complexity index is 8590. The molecule has 110 heavy (non-hydrogen) atoms. The van der Waals surface area contributed by atoms with Crippen molar-refractivity contribution in [3.8, 4) is 34.4 Å². The van der Waals surface area contributed by atoms with Crippen molar-refractivity contribution < 1.29 is 8.83 Å². The zero-order valence-electron chi connectivity index (χ0n) is 58.5. The van der Waals surface area contributed by atoms with Gasteiger partial charge in [-0.2, -0.15) is 0 Å². The van der Waals surface area contributed by atoms with Gasteiger partial charge in [0.05, 0.1) is 53.9 Å². The van der Waals surface area contributed by atoms with Gasteiger partial charge in [0, 0.05) is 117 Å². The Hall–Kier alpha value is -14.2. The molecule has 0 saturated carbocycles. The highest BCUT2D eigenvalue weighted by Gasteiger charge is 2.30. The number of rotatable bonds is 4. The second kappa shape index (κ2) is 22.7. The van der Waals surface area contributed by atoms with E-state index in [9.17, 15) is 0 Å². The van der Waals surface area contributed by atoms with E-state index in [0.29, 0.717) is 11.9 Å². The molecule has 0 saturated heterocycles. The third-order valence-electron chi connectivity index (χ3n) is 23.1. The van der Waals surface area contributed by atoms with Crippen LogP contribution in [0, 0.1) is 0 Å². The molecule has 0 fully saturated rings. The molecule has 508 valence electrons. The van der Waals surface area contributed by atoms with Crippen LogP contribution < -0.4 is 0 Å². The van der Waals surface area contributed by atoms with E-state index in [4.69, 9.17) is 28.8 Å². The van der Waals surface area contributed by atoms with Crippen molar-refractivity contribution in [3.63, 3.8) is 0 Å². The summed E-state index contributed by atoms with van der Waals surface area (Å²) in [5.74, 6) is 1.28. The molecule has 8 heterocycles. The van der Waals surface area contributed by atoms with Gasteiger partial charge < -0.3 is 8.83 Å². The molecule has 0 aliphatic heterocycles. The molecule has 0 amide bonds. The van der Waals surface area contributed by atoms with E-state index in [-0.39, 0.29) is 0 Å². The van der Waals surface area contributed by atoms with Gasteiger partial charge in [0.1, 0.15) is 22.3 Å². The van der Waals surface area contributed by atoms with Gasteiger partial charge in [0.2, 0.25) is 11.9 Å². The molecule has 8 nitrogen and oxygen atoms in total. The van der Waals surface area contributed by atoms with Gasteiger partial charge in [-0.3, -0.25) is 9.13 Å². The van der Waals surface area contributed by atoms with Crippen LogP contribution in [0.1, 0.15) is 0 Å². The van der Waals surface area contributed by atoms with Gasteiger partial charge >= 0.3 is 0 Å². The lowest BCUT2D eigenvalue weighted by Crippen LogP contribution is -2.03. The predicted molar refractivity (Wildman–Crippen MR) is 464 cm³/mol. The molecule has 0 bridgehead atoms. The third-order valence-corrected chi connectivity index (χ3v) is 25.5. The van der Waals surface area contributed by atoms with Gasteiger partial charge in [-0.1, -0.05) is 261 Å². The summed E-state index contributed by atoms with van der Waals surface area (Å²) >= 11 is 3.72. The second-order valence-corrected chi connectivity index (χ2v) is 30.9. The summed E-state index contributed by atoms with van der Waals surface area (Å²) in [5.41, 5.74) is 13.3. The molecule has 0 atom stereocenters. The first kappa shape index (κ1) is 60.0. The Morgan fingerprint density at radius 2 is 0.600 bits per heavy atom. The molecule has 10 heteroatoms. The fourth-order valence-corrected chi connectivity index (χ4v) is 21.1. The van der Waals surface area contributed by atoms with Crippen LogP contribution in [0.15, 0.2) is 336 Å². The fraction of sp³-hybridized carbons (Fsp3) is 0. The summed E-state index contributed by atoms with van der Waals surface area (Å²) in [6.07, 6.45) is 0. The van der Waals surface area contributed by atoms with E-state index in [1.807, 2.05) is 46.9 Å². The molecule has 0 aliphatic carbocycles. The van der Waals surface area contributed by atoms with E-state index < -0.39 is 0 Å². The minimum absolute atomic E-state index is 0.635. The van der Waals surface area contributed by atoms with Crippen LogP contribution in [0.4, 0.5) is 0 Å². The minimum atomic E-state index is 0.635. The van der Waals surface area contributed by atoms with E-state index in [0.717, 1.165) is 110 Å². The van der Waals surface area contributed by atoms with Crippen molar-refractivity contribution in [3.05, 3.63) is 328 Å². The summed E-state index contributed by atoms with van der Waals surface area (Å²) in [6.45, 7) is 0. The molecule has 0 aliphatic rings. The molecular weight excluding hydrogens is 1380 g/mol. The Balaban J connectivity index is 0.000000126. The summed E-state index contributed by atoms with van der Waals surface area (Å²) in [6, 6.07) is 117. The van der Waals surface area contributed by atoms with Crippen molar-refractivity contribution >= 4 is 237 Å². The maximum Gasteiger partial charge on any atom is 0.235 e. The van der Waals surface area contributed by atoms with Crippen molar-refractivity contribution in [1.82, 2.24) is 29.1 Å². The van der Waals surface area contributed by atoms with Crippen LogP contribution >= 0.6 is 22.7 Å². The van der Waals surface area contributed by atoms with E-state index in [2.05, 4.69) is 312 Å². The molecule has 26 aromatic rings. The zero-order chi connectivity index (χ0) is 71.6. The fourth-order valence-electron chi connectivity index (χ4n) is 18.6. The van der Waals surface area contributed by atoms with Crippen LogP contribution in [0.5, 0.6) is 0 Å². The summed E-state index contributed by atoms with van der Waals surface area (Å²) in [4.78, 5) is 21.9. The molecule has 8 aromatic heterocycles. The van der Waals surface area contributed by atoms with Crippen molar-refractivity contribution in [2.45, 2.75) is 0 Å². The SMILES string of the molecule is c1ccc2c(-c3ccc4c(c3)oc3ccccc34)nc(-n3c4ccccc4c4c5c6ccccc6c6ccccc6c5c5c6ccccc6sc5c43)nc2c1.c1ccc2c(-c3cccc4c3oc3ccccc34)nc(-n3c4ccccc4c4c5c6ccccc6c6ccccc6c5c5c6ccccc6sc5c43)nc2c1. The normalized spacial score (nSPS) is 12.4. The van der Waals surface area contributed by atoms with Gasteiger partial charge in [-0.15, -0.1) is 22.7 Å². The molecule has 0 unspecified atom stereocenters. The zero-order valence-corrected chi connectivity index (χ0v) is 60.1. The van der Waals surface area contributed by atoms with Crippen LogP contribution in [-0.2, 0) is 0 Å². The number of aromatic nitrogens is 6. The summed E-state index contributed by atoms with van der Waals surface area (Å²) in [7, 11) is 0. The number of hydrogen-bond acceptors (Lipinski definition) is 8. The summed E-state index contributed by atoms with van der Waals surface area (Å²) in [5, 5.41) is 31.5. The monoisotopic (exact) mass is 1430 g/mol. The smallest absolute Gasteiger partial charge is 0.235 e. The van der Waals surface area contributed by atoms with Crippen molar-refractivity contribution in [1.29, 1.82) is 0 Å². The predicted octanol–water partition coefficient (Wildman–Crippen LogP) is 28.2. The Morgan fingerprint density at radius 1 is 0.236 bits per heavy atom. The minimum Gasteiger partial charge on any atom is -0.456 e. The molecule has 18 aromatic carbocycles. The lowest BCUT2D eigenvalue weighted by atomic mass is 9.89. The average Bonchev–Trinajstić information content (AvgIpc) is 1.56. The van der Waals surface area contributed by atoms with Gasteiger partial charge in [0.15, 0.2) is 0 Å². The van der Waals surface area contributed by atoms with Crippen LogP contribution in [0.2, 0.25) is 0 Å². The first-order valence-electron chi connectivity index (χ1n) is 37.2. The first-order chi connectivity index (χ1) is 54.6. The molecule has 0 radical (unpaired) electrons. The van der Waals surface area contributed by atoms with Gasteiger partial charge in [-0.25, -0.2) is 19.9 Å². The second-order valence-electron chi connectivity index (χ2n) is 28.8. The highest BCUT2D eigenvalue weighted by Crippen LogP contribution is 2.55. The van der Waals surface area contributed by atoms with Crippen LogP contribution in [0.25, 0.3) is 249 Å². The highest BCUT2D eigenvalue weighted by atomic mass is 32.1.